The lowest BCUT2D eigenvalue weighted by molar-refractivity contribution is 0.1000. The van der Waals surface area contributed by atoms with Crippen molar-refractivity contribution in [2.45, 2.75) is 13.8 Å². The summed E-state index contributed by atoms with van der Waals surface area (Å²) in [5.41, 5.74) is 7.41. The summed E-state index contributed by atoms with van der Waals surface area (Å²) in [6.07, 6.45) is 0. The average molecular weight is 216 g/mol. The Kier molecular flexibility index (Phi) is 2.44. The lowest BCUT2D eigenvalue weighted by atomic mass is 10.0. The van der Waals surface area contributed by atoms with E-state index in [9.17, 15) is 4.79 Å². The first-order chi connectivity index (χ1) is 7.58. The van der Waals surface area contributed by atoms with Crippen LogP contribution in [-0.4, -0.2) is 21.1 Å². The second kappa shape index (κ2) is 3.77. The molecule has 0 saturated heterocycles. The summed E-state index contributed by atoms with van der Waals surface area (Å²) in [4.78, 5) is 15.4. The van der Waals surface area contributed by atoms with E-state index in [4.69, 9.17) is 5.73 Å². The van der Waals surface area contributed by atoms with E-state index in [1.54, 1.807) is 6.07 Å². The first-order valence-corrected chi connectivity index (χ1v) is 4.88. The Balaban J connectivity index is 2.51. The topological polar surface area (TPSA) is 84.7 Å². The largest absolute Gasteiger partial charge is 0.366 e. The van der Waals surface area contributed by atoms with E-state index in [1.165, 1.54) is 0 Å². The van der Waals surface area contributed by atoms with Gasteiger partial charge >= 0.3 is 0 Å². The number of nitrogens with zero attached hydrogens (tertiary/aromatic N) is 2. The van der Waals surface area contributed by atoms with Gasteiger partial charge in [-0.3, -0.25) is 9.89 Å². The molecule has 5 heteroatoms. The maximum Gasteiger partial charge on any atom is 0.248 e. The quantitative estimate of drug-likeness (QED) is 0.790. The van der Waals surface area contributed by atoms with Gasteiger partial charge in [0.25, 0.3) is 0 Å². The fraction of sp³-hybridized carbons (Fsp3) is 0.182. The highest BCUT2D eigenvalue weighted by Gasteiger charge is 2.09. The maximum absolute atomic E-state index is 11.2. The molecule has 0 saturated carbocycles. The number of hydrogen-bond donors (Lipinski definition) is 2. The zero-order valence-corrected chi connectivity index (χ0v) is 9.11. The minimum Gasteiger partial charge on any atom is -0.366 e. The van der Waals surface area contributed by atoms with Crippen LogP contribution in [0.2, 0.25) is 0 Å². The summed E-state index contributed by atoms with van der Waals surface area (Å²) in [5.74, 6) is 0.864. The number of benzene rings is 1. The molecule has 0 atom stereocenters. The van der Waals surface area contributed by atoms with Crippen LogP contribution in [0.3, 0.4) is 0 Å². The van der Waals surface area contributed by atoms with E-state index in [0.717, 1.165) is 17.0 Å². The molecule has 0 spiro atoms. The Morgan fingerprint density at radius 3 is 2.69 bits per heavy atom. The number of carbonyl (C=O) groups is 1. The van der Waals surface area contributed by atoms with Crippen LogP contribution in [0.5, 0.6) is 0 Å². The molecular weight excluding hydrogens is 204 g/mol. The normalized spacial score (nSPS) is 10.4. The first-order valence-electron chi connectivity index (χ1n) is 4.88. The van der Waals surface area contributed by atoms with Crippen molar-refractivity contribution in [1.82, 2.24) is 15.2 Å². The van der Waals surface area contributed by atoms with Crippen molar-refractivity contribution in [3.05, 3.63) is 35.2 Å². The molecule has 5 nitrogen and oxygen atoms in total. The van der Waals surface area contributed by atoms with Crippen molar-refractivity contribution in [2.75, 3.05) is 0 Å². The molecule has 0 unspecified atom stereocenters. The summed E-state index contributed by atoms with van der Waals surface area (Å²) in [6, 6.07) is 5.41. The van der Waals surface area contributed by atoms with Gasteiger partial charge in [-0.25, -0.2) is 4.98 Å². The van der Waals surface area contributed by atoms with Crippen LogP contribution in [-0.2, 0) is 0 Å². The fourth-order valence-electron chi connectivity index (χ4n) is 1.50. The molecule has 0 radical (unpaired) electrons. The number of amides is 1. The van der Waals surface area contributed by atoms with E-state index in [-0.39, 0.29) is 0 Å². The van der Waals surface area contributed by atoms with E-state index in [0.29, 0.717) is 11.4 Å². The zero-order valence-electron chi connectivity index (χ0n) is 9.11. The van der Waals surface area contributed by atoms with Crippen molar-refractivity contribution >= 4 is 5.91 Å². The highest BCUT2D eigenvalue weighted by Crippen LogP contribution is 2.18. The van der Waals surface area contributed by atoms with Gasteiger partial charge in [-0.1, -0.05) is 12.1 Å². The van der Waals surface area contributed by atoms with Crippen LogP contribution >= 0.6 is 0 Å². The molecular formula is C11H12N4O. The number of H-pyrrole nitrogens is 1. The maximum atomic E-state index is 11.2. The van der Waals surface area contributed by atoms with Crippen LogP contribution in [0.4, 0.5) is 0 Å². The van der Waals surface area contributed by atoms with Crippen molar-refractivity contribution in [3.8, 4) is 11.4 Å². The Bertz CT molecular complexity index is 545. The number of aryl methyl sites for hydroxylation is 2. The molecule has 0 aliphatic heterocycles. The fourth-order valence-corrected chi connectivity index (χ4v) is 1.50. The lowest BCUT2D eigenvalue weighted by Crippen LogP contribution is -2.12. The molecule has 1 heterocycles. The molecule has 2 rings (SSSR count). The second-order valence-corrected chi connectivity index (χ2v) is 3.64. The van der Waals surface area contributed by atoms with Crippen LogP contribution in [0, 0.1) is 13.8 Å². The van der Waals surface area contributed by atoms with Crippen LogP contribution in [0.15, 0.2) is 18.2 Å². The minimum atomic E-state index is -0.438. The second-order valence-electron chi connectivity index (χ2n) is 3.64. The van der Waals surface area contributed by atoms with Crippen molar-refractivity contribution in [1.29, 1.82) is 0 Å². The Morgan fingerprint density at radius 1 is 1.38 bits per heavy atom. The third-order valence-electron chi connectivity index (χ3n) is 2.36. The molecule has 2 aromatic rings. The van der Waals surface area contributed by atoms with Gasteiger partial charge in [-0.05, 0) is 25.5 Å². The summed E-state index contributed by atoms with van der Waals surface area (Å²) >= 11 is 0. The van der Waals surface area contributed by atoms with Crippen molar-refractivity contribution in [3.63, 3.8) is 0 Å². The monoisotopic (exact) mass is 216 g/mol. The van der Waals surface area contributed by atoms with Gasteiger partial charge in [-0.15, -0.1) is 0 Å². The van der Waals surface area contributed by atoms with Crippen LogP contribution < -0.4 is 5.73 Å². The van der Waals surface area contributed by atoms with Gasteiger partial charge in [0, 0.05) is 11.1 Å². The number of hydrogen-bond acceptors (Lipinski definition) is 3. The van der Waals surface area contributed by atoms with Crippen molar-refractivity contribution < 1.29 is 4.79 Å². The summed E-state index contributed by atoms with van der Waals surface area (Å²) in [6.45, 7) is 3.66. The summed E-state index contributed by atoms with van der Waals surface area (Å²) < 4.78 is 0. The number of nitrogens with two attached hydrogens (primary N) is 1. The average Bonchev–Trinajstić information content (AvgIpc) is 2.65. The van der Waals surface area contributed by atoms with E-state index in [1.807, 2.05) is 26.0 Å². The molecule has 0 bridgehead atoms. The van der Waals surface area contributed by atoms with Gasteiger partial charge in [0.15, 0.2) is 5.82 Å². The molecule has 16 heavy (non-hydrogen) atoms. The van der Waals surface area contributed by atoms with Gasteiger partial charge in [0.1, 0.15) is 5.82 Å². The summed E-state index contributed by atoms with van der Waals surface area (Å²) in [5, 5.41) is 6.78. The molecule has 0 fully saturated rings. The van der Waals surface area contributed by atoms with E-state index < -0.39 is 5.91 Å². The third kappa shape index (κ3) is 1.79. The van der Waals surface area contributed by atoms with Gasteiger partial charge in [-0.2, -0.15) is 5.10 Å². The molecule has 1 amide bonds. The molecule has 1 aromatic carbocycles. The SMILES string of the molecule is Cc1nc(-c2ccc(C)c(C(N)=O)c2)n[nH]1. The highest BCUT2D eigenvalue weighted by atomic mass is 16.1. The lowest BCUT2D eigenvalue weighted by Gasteiger charge is -2.03. The smallest absolute Gasteiger partial charge is 0.248 e. The van der Waals surface area contributed by atoms with E-state index in [2.05, 4.69) is 15.2 Å². The molecule has 1 aromatic heterocycles. The number of aromatic amines is 1. The third-order valence-corrected chi connectivity index (χ3v) is 2.36. The molecule has 82 valence electrons. The Hall–Kier alpha value is -2.17. The molecule has 0 aliphatic carbocycles. The Labute approximate surface area is 92.7 Å². The standard InChI is InChI=1S/C11H12N4O/c1-6-3-4-8(5-9(6)10(12)16)11-13-7(2)14-15-11/h3-5H,1-2H3,(H2,12,16)(H,13,14,15). The predicted octanol–water partition coefficient (Wildman–Crippen LogP) is 1.19. The number of aromatic nitrogens is 3. The molecule has 3 N–H and O–H groups in total. The zero-order chi connectivity index (χ0) is 11.7. The number of carbonyl (C=O) groups excluding carboxylic acids is 1. The summed E-state index contributed by atoms with van der Waals surface area (Å²) in [7, 11) is 0. The van der Waals surface area contributed by atoms with Crippen LogP contribution in [0.25, 0.3) is 11.4 Å². The van der Waals surface area contributed by atoms with Gasteiger partial charge in [0.05, 0.1) is 0 Å². The van der Waals surface area contributed by atoms with Crippen molar-refractivity contribution in [2.24, 2.45) is 5.73 Å². The predicted molar refractivity (Wildman–Crippen MR) is 59.8 cm³/mol. The Morgan fingerprint density at radius 2 is 2.12 bits per heavy atom. The highest BCUT2D eigenvalue weighted by molar-refractivity contribution is 5.95. The number of nitrogens with one attached hydrogen (secondary N) is 1. The number of primary amides is 1. The van der Waals surface area contributed by atoms with Crippen LogP contribution in [0.1, 0.15) is 21.7 Å². The number of rotatable bonds is 2. The van der Waals surface area contributed by atoms with Gasteiger partial charge in [0.2, 0.25) is 5.91 Å². The van der Waals surface area contributed by atoms with Gasteiger partial charge < -0.3 is 5.73 Å². The molecule has 0 aliphatic rings. The minimum absolute atomic E-state index is 0.438. The van der Waals surface area contributed by atoms with E-state index >= 15 is 0 Å². The first kappa shape index (κ1) is 10.4.